The van der Waals surface area contributed by atoms with Crippen LogP contribution in [0, 0.1) is 0 Å². The summed E-state index contributed by atoms with van der Waals surface area (Å²) < 4.78 is 0. The molecule has 0 aliphatic heterocycles. The van der Waals surface area contributed by atoms with Gasteiger partial charge >= 0.3 is 18.0 Å². The minimum absolute atomic E-state index is 0.295. The molecule has 2 amide bonds. The molecule has 0 spiro atoms. The molecule has 4 N–H and O–H groups in total. The third-order valence-electron chi connectivity index (χ3n) is 2.85. The molecule has 17 heavy (non-hydrogen) atoms. The van der Waals surface area contributed by atoms with Crippen LogP contribution in [-0.4, -0.2) is 39.8 Å². The van der Waals surface area contributed by atoms with E-state index in [0.717, 1.165) is 19.3 Å². The van der Waals surface area contributed by atoms with Crippen molar-refractivity contribution in [3.63, 3.8) is 0 Å². The lowest BCUT2D eigenvalue weighted by molar-refractivity contribution is -0.145. The standard InChI is InChI=1S/C10H16N2O5/c1-10(3-2-4-10)12-9(17)11-6(8(15)16)5-7(13)14/h6H,2-5H2,1H3,(H,13,14)(H,15,16)(H2,11,12,17)/t6-/m0/s1. The summed E-state index contributed by atoms with van der Waals surface area (Å²) >= 11 is 0. The molecule has 0 aromatic carbocycles. The largest absolute Gasteiger partial charge is 0.481 e. The number of hydrogen-bond donors (Lipinski definition) is 4. The van der Waals surface area contributed by atoms with Gasteiger partial charge in [0.2, 0.25) is 0 Å². The molecule has 0 bridgehead atoms. The van der Waals surface area contributed by atoms with Gasteiger partial charge in [0.1, 0.15) is 6.04 Å². The molecule has 1 atom stereocenters. The number of carbonyl (C=O) groups is 3. The van der Waals surface area contributed by atoms with E-state index in [4.69, 9.17) is 10.2 Å². The first-order chi connectivity index (χ1) is 7.82. The lowest BCUT2D eigenvalue weighted by Gasteiger charge is -2.39. The van der Waals surface area contributed by atoms with E-state index in [9.17, 15) is 14.4 Å². The zero-order chi connectivity index (χ0) is 13.1. The van der Waals surface area contributed by atoms with Crippen molar-refractivity contribution in [3.8, 4) is 0 Å². The zero-order valence-corrected chi connectivity index (χ0v) is 9.52. The lowest BCUT2D eigenvalue weighted by atomic mass is 9.79. The van der Waals surface area contributed by atoms with Crippen molar-refractivity contribution in [3.05, 3.63) is 0 Å². The average molecular weight is 244 g/mol. The minimum Gasteiger partial charge on any atom is -0.481 e. The first-order valence-electron chi connectivity index (χ1n) is 5.36. The number of urea groups is 1. The van der Waals surface area contributed by atoms with Crippen molar-refractivity contribution in [2.45, 2.75) is 44.2 Å². The monoisotopic (exact) mass is 244 g/mol. The Balaban J connectivity index is 2.46. The molecule has 7 heteroatoms. The molecular formula is C10H16N2O5. The van der Waals surface area contributed by atoms with Gasteiger partial charge in [-0.1, -0.05) is 0 Å². The van der Waals surface area contributed by atoms with Crippen molar-refractivity contribution in [1.29, 1.82) is 0 Å². The van der Waals surface area contributed by atoms with Crippen LogP contribution in [-0.2, 0) is 9.59 Å². The van der Waals surface area contributed by atoms with Gasteiger partial charge in [0, 0.05) is 5.54 Å². The maximum Gasteiger partial charge on any atom is 0.326 e. The number of carboxylic acid groups (broad SMARTS) is 2. The van der Waals surface area contributed by atoms with E-state index in [-0.39, 0.29) is 5.54 Å². The minimum atomic E-state index is -1.41. The number of hydrogen-bond acceptors (Lipinski definition) is 3. The summed E-state index contributed by atoms with van der Waals surface area (Å²) in [5.41, 5.74) is -0.295. The van der Waals surface area contributed by atoms with Gasteiger partial charge in [-0.15, -0.1) is 0 Å². The predicted octanol–water partition coefficient (Wildman–Crippen LogP) is 0.156. The Labute approximate surface area is 98.2 Å². The molecule has 0 aromatic heterocycles. The zero-order valence-electron chi connectivity index (χ0n) is 9.52. The van der Waals surface area contributed by atoms with E-state index in [1.54, 1.807) is 0 Å². The van der Waals surface area contributed by atoms with E-state index >= 15 is 0 Å². The molecule has 0 heterocycles. The molecular weight excluding hydrogens is 228 g/mol. The fourth-order valence-electron chi connectivity index (χ4n) is 1.68. The fraction of sp³-hybridized carbons (Fsp3) is 0.700. The SMILES string of the molecule is CC1(NC(=O)N[C@@H](CC(=O)O)C(=O)O)CCC1. The highest BCUT2D eigenvalue weighted by molar-refractivity contribution is 5.86. The Morgan fingerprint density at radius 2 is 1.88 bits per heavy atom. The highest BCUT2D eigenvalue weighted by atomic mass is 16.4. The Morgan fingerprint density at radius 1 is 1.29 bits per heavy atom. The van der Waals surface area contributed by atoms with Gasteiger partial charge in [-0.2, -0.15) is 0 Å². The van der Waals surface area contributed by atoms with Gasteiger partial charge in [0.15, 0.2) is 0 Å². The van der Waals surface area contributed by atoms with Crippen molar-refractivity contribution in [2.24, 2.45) is 0 Å². The molecule has 7 nitrogen and oxygen atoms in total. The second kappa shape index (κ2) is 5.03. The maximum atomic E-state index is 11.5. The molecule has 0 saturated heterocycles. The van der Waals surface area contributed by atoms with Gasteiger partial charge in [-0.3, -0.25) is 4.79 Å². The van der Waals surface area contributed by atoms with Gasteiger partial charge in [-0.05, 0) is 26.2 Å². The summed E-state index contributed by atoms with van der Waals surface area (Å²) in [6.45, 7) is 1.86. The Morgan fingerprint density at radius 3 is 2.24 bits per heavy atom. The molecule has 1 aliphatic rings. The highest BCUT2D eigenvalue weighted by Gasteiger charge is 2.34. The first-order valence-corrected chi connectivity index (χ1v) is 5.36. The molecule has 0 aromatic rings. The van der Waals surface area contributed by atoms with E-state index < -0.39 is 30.4 Å². The van der Waals surface area contributed by atoms with E-state index in [1.165, 1.54) is 0 Å². The second-order valence-corrected chi connectivity index (χ2v) is 4.50. The van der Waals surface area contributed by atoms with Crippen LogP contribution in [0.2, 0.25) is 0 Å². The van der Waals surface area contributed by atoms with Crippen LogP contribution >= 0.6 is 0 Å². The number of aliphatic carboxylic acids is 2. The fourth-order valence-corrected chi connectivity index (χ4v) is 1.68. The molecule has 0 radical (unpaired) electrons. The van der Waals surface area contributed by atoms with Crippen LogP contribution in [0.5, 0.6) is 0 Å². The average Bonchev–Trinajstić information content (AvgIpc) is 2.13. The van der Waals surface area contributed by atoms with Gasteiger partial charge in [0.25, 0.3) is 0 Å². The summed E-state index contributed by atoms with van der Waals surface area (Å²) in [6, 6.07) is -2.04. The van der Waals surface area contributed by atoms with E-state index in [0.29, 0.717) is 0 Å². The number of carbonyl (C=O) groups excluding carboxylic acids is 1. The quantitative estimate of drug-likeness (QED) is 0.549. The lowest BCUT2D eigenvalue weighted by Crippen LogP contribution is -2.57. The smallest absolute Gasteiger partial charge is 0.326 e. The second-order valence-electron chi connectivity index (χ2n) is 4.50. The molecule has 96 valence electrons. The van der Waals surface area contributed by atoms with Crippen molar-refractivity contribution in [1.82, 2.24) is 10.6 Å². The van der Waals surface area contributed by atoms with Gasteiger partial charge < -0.3 is 20.8 Å². The van der Waals surface area contributed by atoms with E-state index in [2.05, 4.69) is 10.6 Å². The van der Waals surface area contributed by atoms with Crippen LogP contribution in [0.1, 0.15) is 32.6 Å². The summed E-state index contributed by atoms with van der Waals surface area (Å²) in [7, 11) is 0. The summed E-state index contributed by atoms with van der Waals surface area (Å²) in [4.78, 5) is 32.6. The number of rotatable bonds is 5. The number of amides is 2. The first kappa shape index (κ1) is 13.3. The third-order valence-corrected chi connectivity index (χ3v) is 2.85. The van der Waals surface area contributed by atoms with Crippen LogP contribution in [0.25, 0.3) is 0 Å². The summed E-state index contributed by atoms with van der Waals surface area (Å²) in [5.74, 6) is -2.63. The number of carboxylic acids is 2. The normalized spacial score (nSPS) is 18.6. The molecule has 1 fully saturated rings. The van der Waals surface area contributed by atoms with Crippen molar-refractivity contribution >= 4 is 18.0 Å². The predicted molar refractivity (Wildman–Crippen MR) is 57.6 cm³/mol. The van der Waals surface area contributed by atoms with Crippen LogP contribution in [0.15, 0.2) is 0 Å². The van der Waals surface area contributed by atoms with Crippen LogP contribution in [0.4, 0.5) is 4.79 Å². The highest BCUT2D eigenvalue weighted by Crippen LogP contribution is 2.30. The van der Waals surface area contributed by atoms with Gasteiger partial charge in [-0.25, -0.2) is 9.59 Å². The Hall–Kier alpha value is -1.79. The summed E-state index contributed by atoms with van der Waals surface area (Å²) in [5, 5.41) is 22.0. The van der Waals surface area contributed by atoms with Crippen LogP contribution in [0.3, 0.4) is 0 Å². The van der Waals surface area contributed by atoms with Crippen molar-refractivity contribution in [2.75, 3.05) is 0 Å². The van der Waals surface area contributed by atoms with Crippen LogP contribution < -0.4 is 10.6 Å². The summed E-state index contributed by atoms with van der Waals surface area (Å²) in [6.07, 6.45) is 2.07. The van der Waals surface area contributed by atoms with Gasteiger partial charge in [0.05, 0.1) is 6.42 Å². The molecule has 1 rings (SSSR count). The van der Waals surface area contributed by atoms with E-state index in [1.807, 2.05) is 6.92 Å². The van der Waals surface area contributed by atoms with Crippen molar-refractivity contribution < 1.29 is 24.6 Å². The molecule has 0 unspecified atom stereocenters. The Kier molecular flexibility index (Phi) is 3.93. The molecule has 1 aliphatic carbocycles. The maximum absolute atomic E-state index is 11.5. The number of nitrogens with one attached hydrogen (secondary N) is 2. The topological polar surface area (TPSA) is 116 Å². The third kappa shape index (κ3) is 3.93. The Bertz CT molecular complexity index is 338. The molecule has 1 saturated carbocycles.